The van der Waals surface area contributed by atoms with E-state index >= 15 is 0 Å². The Hall–Kier alpha value is -2.78. The lowest BCUT2D eigenvalue weighted by atomic mass is 10.1. The lowest BCUT2D eigenvalue weighted by molar-refractivity contribution is 0.102. The van der Waals surface area contributed by atoms with Crippen molar-refractivity contribution in [3.63, 3.8) is 0 Å². The number of rotatable bonds is 4. The van der Waals surface area contributed by atoms with E-state index in [9.17, 15) is 4.79 Å². The van der Waals surface area contributed by atoms with Gasteiger partial charge in [-0.25, -0.2) is 0 Å². The van der Waals surface area contributed by atoms with Gasteiger partial charge in [0.05, 0.1) is 31.2 Å². The number of hydrogen-bond acceptors (Lipinski definition) is 4. The second kappa shape index (κ2) is 7.12. The summed E-state index contributed by atoms with van der Waals surface area (Å²) in [6.07, 6.45) is 3.47. The van der Waals surface area contributed by atoms with E-state index < -0.39 is 0 Å². The quantitative estimate of drug-likeness (QED) is 0.741. The normalized spacial score (nSPS) is 9.62. The number of amides is 1. The van der Waals surface area contributed by atoms with Crippen molar-refractivity contribution in [1.29, 1.82) is 0 Å². The van der Waals surface area contributed by atoms with Gasteiger partial charge in [-0.1, -0.05) is 11.8 Å². The molecule has 1 aromatic carbocycles. The number of aromatic amines is 1. The summed E-state index contributed by atoms with van der Waals surface area (Å²) in [6.45, 7) is -0.00399. The van der Waals surface area contributed by atoms with E-state index in [0.717, 1.165) is 0 Å². The number of aromatic nitrogens is 2. The molecule has 0 aliphatic carbocycles. The Morgan fingerprint density at radius 1 is 1.52 bits per heavy atom. The molecule has 0 bridgehead atoms. The Labute approximate surface area is 122 Å². The van der Waals surface area contributed by atoms with Crippen LogP contribution in [0, 0.1) is 11.8 Å². The smallest absolute Gasteiger partial charge is 0.255 e. The first-order valence-electron chi connectivity index (χ1n) is 6.32. The van der Waals surface area contributed by atoms with Gasteiger partial charge in [0.2, 0.25) is 0 Å². The Bertz CT molecular complexity index is 669. The van der Waals surface area contributed by atoms with Crippen LogP contribution in [-0.4, -0.2) is 34.9 Å². The average molecular weight is 285 g/mol. The summed E-state index contributed by atoms with van der Waals surface area (Å²) in [6, 6.07) is 5.00. The van der Waals surface area contributed by atoms with Gasteiger partial charge in [-0.15, -0.1) is 0 Å². The van der Waals surface area contributed by atoms with Crippen molar-refractivity contribution in [2.24, 2.45) is 0 Å². The third kappa shape index (κ3) is 3.84. The molecule has 2 rings (SSSR count). The molecule has 0 aliphatic rings. The molecular weight excluding hydrogens is 270 g/mol. The number of ether oxygens (including phenoxy) is 1. The molecule has 0 saturated heterocycles. The van der Waals surface area contributed by atoms with E-state index in [2.05, 4.69) is 27.4 Å². The molecule has 0 atom stereocenters. The number of methoxy groups -OCH3 is 1. The van der Waals surface area contributed by atoms with E-state index in [0.29, 0.717) is 29.0 Å². The Morgan fingerprint density at radius 3 is 3.05 bits per heavy atom. The van der Waals surface area contributed by atoms with Crippen LogP contribution in [0.2, 0.25) is 0 Å². The maximum Gasteiger partial charge on any atom is 0.255 e. The monoisotopic (exact) mass is 285 g/mol. The molecule has 0 radical (unpaired) electrons. The zero-order valence-electron chi connectivity index (χ0n) is 11.5. The van der Waals surface area contributed by atoms with Crippen molar-refractivity contribution in [3.05, 3.63) is 41.7 Å². The van der Waals surface area contributed by atoms with Gasteiger partial charge in [-0.3, -0.25) is 9.89 Å². The number of nitrogens with one attached hydrogen (secondary N) is 2. The van der Waals surface area contributed by atoms with Crippen LogP contribution in [0.4, 0.5) is 5.69 Å². The summed E-state index contributed by atoms with van der Waals surface area (Å²) in [5.41, 5.74) is 1.65. The number of aliphatic hydroxyl groups is 1. The highest BCUT2D eigenvalue weighted by molar-refractivity contribution is 6.04. The SMILES string of the molecule is COc1ccc(C(=O)Nc2cn[nH]c2)cc1C#CCCO. The molecule has 0 unspecified atom stereocenters. The van der Waals surface area contributed by atoms with E-state index in [1.807, 2.05) is 0 Å². The van der Waals surface area contributed by atoms with Gasteiger partial charge in [0.15, 0.2) is 0 Å². The number of aliphatic hydroxyl groups excluding tert-OH is 1. The first-order chi connectivity index (χ1) is 10.2. The van der Waals surface area contributed by atoms with E-state index in [1.54, 1.807) is 24.4 Å². The van der Waals surface area contributed by atoms with Crippen LogP contribution >= 0.6 is 0 Å². The first kappa shape index (κ1) is 14.6. The van der Waals surface area contributed by atoms with Crippen LogP contribution in [-0.2, 0) is 0 Å². The third-order valence-corrected chi connectivity index (χ3v) is 2.68. The lowest BCUT2D eigenvalue weighted by Crippen LogP contribution is -2.11. The van der Waals surface area contributed by atoms with Gasteiger partial charge >= 0.3 is 0 Å². The topological polar surface area (TPSA) is 87.2 Å². The fourth-order valence-electron chi connectivity index (χ4n) is 1.68. The highest BCUT2D eigenvalue weighted by atomic mass is 16.5. The second-order valence-corrected chi connectivity index (χ2v) is 4.13. The van der Waals surface area contributed by atoms with E-state index in [1.165, 1.54) is 13.3 Å². The molecule has 21 heavy (non-hydrogen) atoms. The summed E-state index contributed by atoms with van der Waals surface area (Å²) in [5.74, 6) is 6.02. The van der Waals surface area contributed by atoms with Crippen LogP contribution in [0.3, 0.4) is 0 Å². The van der Waals surface area contributed by atoms with Crippen molar-refractivity contribution in [2.45, 2.75) is 6.42 Å². The van der Waals surface area contributed by atoms with Crippen molar-refractivity contribution in [1.82, 2.24) is 10.2 Å². The zero-order valence-corrected chi connectivity index (χ0v) is 11.5. The zero-order chi connectivity index (χ0) is 15.1. The van der Waals surface area contributed by atoms with Gasteiger partial charge in [0, 0.05) is 18.2 Å². The molecule has 0 spiro atoms. The standard InChI is InChI=1S/C15H15N3O3/c1-21-14-6-5-12(8-11(14)4-2-3-7-19)15(20)18-13-9-16-17-10-13/h5-6,8-10,19H,3,7H2,1H3,(H,16,17)(H,18,20). The maximum atomic E-state index is 12.1. The molecular formula is C15H15N3O3. The minimum Gasteiger partial charge on any atom is -0.495 e. The molecule has 0 fully saturated rings. The molecule has 1 aromatic heterocycles. The van der Waals surface area contributed by atoms with E-state index in [4.69, 9.17) is 9.84 Å². The number of anilines is 1. The van der Waals surface area contributed by atoms with Crippen LogP contribution in [0.25, 0.3) is 0 Å². The van der Waals surface area contributed by atoms with Crippen molar-refractivity contribution in [2.75, 3.05) is 19.0 Å². The number of nitrogens with zero attached hydrogens (tertiary/aromatic N) is 1. The predicted octanol–water partition coefficient (Wildman–Crippen LogP) is 1.40. The van der Waals surface area contributed by atoms with Gasteiger partial charge < -0.3 is 15.2 Å². The Balaban J connectivity index is 2.22. The minimum atomic E-state index is -0.260. The highest BCUT2D eigenvalue weighted by Gasteiger charge is 2.10. The summed E-state index contributed by atoms with van der Waals surface area (Å²) >= 11 is 0. The van der Waals surface area contributed by atoms with Gasteiger partial charge in [-0.2, -0.15) is 5.10 Å². The van der Waals surface area contributed by atoms with Crippen LogP contribution < -0.4 is 10.1 Å². The number of H-pyrrole nitrogens is 1. The highest BCUT2D eigenvalue weighted by Crippen LogP contribution is 2.19. The lowest BCUT2D eigenvalue weighted by Gasteiger charge is -2.06. The first-order valence-corrected chi connectivity index (χ1v) is 6.32. The number of hydrogen-bond donors (Lipinski definition) is 3. The number of carbonyl (C=O) groups excluding carboxylic acids is 1. The number of benzene rings is 1. The largest absolute Gasteiger partial charge is 0.495 e. The summed E-state index contributed by atoms with van der Waals surface area (Å²) in [7, 11) is 1.54. The molecule has 1 amide bonds. The van der Waals surface area contributed by atoms with Crippen LogP contribution in [0.5, 0.6) is 5.75 Å². The Kier molecular flexibility index (Phi) is 4.96. The molecule has 6 nitrogen and oxygen atoms in total. The van der Waals surface area contributed by atoms with Crippen molar-refractivity contribution < 1.29 is 14.6 Å². The average Bonchev–Trinajstić information content (AvgIpc) is 3.00. The molecule has 2 aromatic rings. The van der Waals surface area contributed by atoms with Crippen molar-refractivity contribution in [3.8, 4) is 17.6 Å². The molecule has 108 valence electrons. The maximum absolute atomic E-state index is 12.1. The van der Waals surface area contributed by atoms with Crippen LogP contribution in [0.1, 0.15) is 22.3 Å². The summed E-state index contributed by atoms with van der Waals surface area (Å²) < 4.78 is 5.20. The molecule has 0 aliphatic heterocycles. The minimum absolute atomic E-state index is 0.00399. The molecule has 3 N–H and O–H groups in total. The second-order valence-electron chi connectivity index (χ2n) is 4.13. The third-order valence-electron chi connectivity index (χ3n) is 2.68. The predicted molar refractivity (Wildman–Crippen MR) is 78.1 cm³/mol. The summed E-state index contributed by atoms with van der Waals surface area (Å²) in [4.78, 5) is 12.1. The molecule has 6 heteroatoms. The molecule has 1 heterocycles. The van der Waals surface area contributed by atoms with Gasteiger partial charge in [0.25, 0.3) is 5.91 Å². The Morgan fingerprint density at radius 2 is 2.38 bits per heavy atom. The van der Waals surface area contributed by atoms with E-state index in [-0.39, 0.29) is 12.5 Å². The summed E-state index contributed by atoms with van der Waals surface area (Å²) in [5, 5.41) is 17.8. The van der Waals surface area contributed by atoms with Gasteiger partial charge in [-0.05, 0) is 18.2 Å². The molecule has 0 saturated carbocycles. The fraction of sp³-hybridized carbons (Fsp3) is 0.200. The van der Waals surface area contributed by atoms with Crippen molar-refractivity contribution >= 4 is 11.6 Å². The van der Waals surface area contributed by atoms with Gasteiger partial charge in [0.1, 0.15) is 5.75 Å². The van der Waals surface area contributed by atoms with Crippen LogP contribution in [0.15, 0.2) is 30.6 Å². The number of carbonyl (C=O) groups is 1. The fourth-order valence-corrected chi connectivity index (χ4v) is 1.68.